The van der Waals surface area contributed by atoms with E-state index in [0.29, 0.717) is 6.42 Å². The van der Waals surface area contributed by atoms with E-state index in [1.807, 2.05) is 38.2 Å². The molecule has 0 saturated carbocycles. The number of fused-ring (bicyclic) bond motifs is 1. The fraction of sp³-hybridized carbons (Fsp3) is 0.375. The van der Waals surface area contributed by atoms with Crippen molar-refractivity contribution >= 4 is 0 Å². The molecule has 1 N–H and O–H groups in total. The summed E-state index contributed by atoms with van der Waals surface area (Å²) in [4.78, 5) is 0. The monoisotopic (exact) mass is 267 g/mol. The number of benzene rings is 1. The molecule has 0 spiro atoms. The lowest BCUT2D eigenvalue weighted by molar-refractivity contribution is 0.110. The molecule has 4 nitrogen and oxygen atoms in total. The number of aliphatic hydroxyl groups is 1. The van der Waals surface area contributed by atoms with Crippen molar-refractivity contribution in [3.05, 3.63) is 52.8 Å². The van der Waals surface area contributed by atoms with Crippen molar-refractivity contribution in [2.75, 3.05) is 0 Å². The van der Waals surface area contributed by atoms with Gasteiger partial charge in [0.1, 0.15) is 11.5 Å². The highest BCUT2D eigenvalue weighted by Crippen LogP contribution is 2.47. The minimum atomic E-state index is -0.857. The zero-order chi connectivity index (χ0) is 14.3. The van der Waals surface area contributed by atoms with Gasteiger partial charge in [0, 0.05) is 18.8 Å². The normalized spacial score (nSPS) is 22.3. The fourth-order valence-corrected chi connectivity index (χ4v) is 3.25. The molecular formula is C16H17N3O. The second-order valence-electron chi connectivity index (χ2n) is 5.49. The third-order valence-corrected chi connectivity index (χ3v) is 4.30. The van der Waals surface area contributed by atoms with Gasteiger partial charge < -0.3 is 5.11 Å². The van der Waals surface area contributed by atoms with Crippen LogP contribution in [0.2, 0.25) is 0 Å². The lowest BCUT2D eigenvalue weighted by Gasteiger charge is -2.28. The van der Waals surface area contributed by atoms with Crippen molar-refractivity contribution in [2.24, 2.45) is 7.05 Å². The van der Waals surface area contributed by atoms with Gasteiger partial charge in [-0.2, -0.15) is 10.4 Å². The summed E-state index contributed by atoms with van der Waals surface area (Å²) in [6, 6.07) is 10.3. The van der Waals surface area contributed by atoms with Crippen molar-refractivity contribution in [1.82, 2.24) is 9.78 Å². The number of rotatable bonds is 2. The van der Waals surface area contributed by atoms with Gasteiger partial charge in [-0.1, -0.05) is 24.3 Å². The van der Waals surface area contributed by atoms with Crippen LogP contribution in [-0.2, 0) is 18.9 Å². The molecule has 1 aliphatic carbocycles. The number of nitrogens with zero attached hydrogens (tertiary/aromatic N) is 3. The number of nitriles is 1. The van der Waals surface area contributed by atoms with Gasteiger partial charge in [-0.3, -0.25) is 4.68 Å². The summed E-state index contributed by atoms with van der Waals surface area (Å²) in [5.41, 5.74) is 2.78. The van der Waals surface area contributed by atoms with E-state index in [9.17, 15) is 10.4 Å². The first-order chi connectivity index (χ1) is 9.58. The largest absolute Gasteiger partial charge is 0.386 e. The van der Waals surface area contributed by atoms with E-state index in [2.05, 4.69) is 11.2 Å². The van der Waals surface area contributed by atoms with Crippen molar-refractivity contribution in [3.63, 3.8) is 0 Å². The summed E-state index contributed by atoms with van der Waals surface area (Å²) in [6.07, 6.45) is 2.45. The summed E-state index contributed by atoms with van der Waals surface area (Å²) in [7, 11) is 1.82. The first kappa shape index (κ1) is 12.9. The number of aromatic nitrogens is 2. The Balaban J connectivity index is 2.12. The summed E-state index contributed by atoms with van der Waals surface area (Å²) < 4.78 is 1.68. The van der Waals surface area contributed by atoms with Crippen molar-refractivity contribution in [2.45, 2.75) is 31.3 Å². The molecule has 0 aliphatic heterocycles. The molecule has 1 aromatic carbocycles. The molecule has 4 heteroatoms. The van der Waals surface area contributed by atoms with E-state index in [1.165, 1.54) is 0 Å². The fourth-order valence-electron chi connectivity index (χ4n) is 3.25. The zero-order valence-corrected chi connectivity index (χ0v) is 11.7. The Bertz CT molecular complexity index is 698. The molecule has 0 amide bonds. The second-order valence-corrected chi connectivity index (χ2v) is 5.49. The highest BCUT2D eigenvalue weighted by Gasteiger charge is 2.46. The van der Waals surface area contributed by atoms with Crippen LogP contribution in [0.3, 0.4) is 0 Å². The molecule has 0 fully saturated rings. The standard InChI is InChI=1S/C16H17N3O/c1-11-13(9-19(2)18-11)15(20)16(10-17)8-7-12-5-3-4-6-14(12)16/h3-6,9,15,20H,7-8H2,1-2H3. The van der Waals surface area contributed by atoms with Crippen molar-refractivity contribution in [3.8, 4) is 6.07 Å². The molecule has 1 aliphatic rings. The number of hydrogen-bond donors (Lipinski definition) is 1. The van der Waals surface area contributed by atoms with Crippen LogP contribution in [0.1, 0.15) is 34.9 Å². The van der Waals surface area contributed by atoms with E-state index >= 15 is 0 Å². The van der Waals surface area contributed by atoms with E-state index in [4.69, 9.17) is 0 Å². The number of hydrogen-bond acceptors (Lipinski definition) is 3. The quantitative estimate of drug-likeness (QED) is 0.907. The first-order valence-corrected chi connectivity index (χ1v) is 6.76. The van der Waals surface area contributed by atoms with Gasteiger partial charge >= 0.3 is 0 Å². The number of aliphatic hydroxyl groups excluding tert-OH is 1. The average molecular weight is 267 g/mol. The van der Waals surface area contributed by atoms with Gasteiger partial charge in [-0.25, -0.2) is 0 Å². The molecule has 3 rings (SSSR count). The topological polar surface area (TPSA) is 61.8 Å². The van der Waals surface area contributed by atoms with Crippen LogP contribution in [-0.4, -0.2) is 14.9 Å². The molecule has 0 radical (unpaired) electrons. The lowest BCUT2D eigenvalue weighted by atomic mass is 9.75. The van der Waals surface area contributed by atoms with Crippen LogP contribution in [0.5, 0.6) is 0 Å². The van der Waals surface area contributed by atoms with Crippen LogP contribution in [0.25, 0.3) is 0 Å². The maximum Gasteiger partial charge on any atom is 0.113 e. The third kappa shape index (κ3) is 1.67. The van der Waals surface area contributed by atoms with E-state index in [1.54, 1.807) is 10.9 Å². The highest BCUT2D eigenvalue weighted by molar-refractivity contribution is 5.47. The Hall–Kier alpha value is -2.12. The van der Waals surface area contributed by atoms with Crippen LogP contribution >= 0.6 is 0 Å². The van der Waals surface area contributed by atoms with Gasteiger partial charge in [0.05, 0.1) is 11.8 Å². The van der Waals surface area contributed by atoms with Crippen LogP contribution in [0.15, 0.2) is 30.5 Å². The molecule has 20 heavy (non-hydrogen) atoms. The van der Waals surface area contributed by atoms with E-state index in [0.717, 1.165) is 28.8 Å². The summed E-state index contributed by atoms with van der Waals surface area (Å²) >= 11 is 0. The number of aryl methyl sites for hydroxylation is 3. The van der Waals surface area contributed by atoms with Gasteiger partial charge in [0.2, 0.25) is 0 Å². The Kier molecular flexibility index (Phi) is 2.88. The van der Waals surface area contributed by atoms with Crippen LogP contribution in [0.4, 0.5) is 0 Å². The average Bonchev–Trinajstić information content (AvgIpc) is 2.99. The van der Waals surface area contributed by atoms with Crippen molar-refractivity contribution < 1.29 is 5.11 Å². The SMILES string of the molecule is Cc1nn(C)cc1C(O)C1(C#N)CCc2ccccc21. The molecule has 102 valence electrons. The molecule has 2 atom stereocenters. The smallest absolute Gasteiger partial charge is 0.113 e. The summed E-state index contributed by atoms with van der Waals surface area (Å²) in [6.45, 7) is 1.87. The molecule has 0 saturated heterocycles. The van der Waals surface area contributed by atoms with Gasteiger partial charge in [0.15, 0.2) is 0 Å². The Labute approximate surface area is 118 Å². The molecular weight excluding hydrogens is 250 g/mol. The second kappa shape index (κ2) is 4.46. The Morgan fingerprint density at radius 3 is 2.85 bits per heavy atom. The minimum absolute atomic E-state index is 0.651. The van der Waals surface area contributed by atoms with Crippen molar-refractivity contribution in [1.29, 1.82) is 5.26 Å². The maximum absolute atomic E-state index is 10.8. The first-order valence-electron chi connectivity index (χ1n) is 6.76. The Morgan fingerprint density at radius 2 is 2.20 bits per heavy atom. The minimum Gasteiger partial charge on any atom is -0.386 e. The zero-order valence-electron chi connectivity index (χ0n) is 11.7. The van der Waals surface area contributed by atoms with Gasteiger partial charge in [-0.05, 0) is 30.9 Å². The highest BCUT2D eigenvalue weighted by atomic mass is 16.3. The van der Waals surface area contributed by atoms with Gasteiger partial charge in [0.25, 0.3) is 0 Å². The molecule has 0 bridgehead atoms. The predicted molar refractivity (Wildman–Crippen MR) is 75.0 cm³/mol. The van der Waals surface area contributed by atoms with Crippen LogP contribution in [0, 0.1) is 18.3 Å². The maximum atomic E-state index is 10.8. The van der Waals surface area contributed by atoms with E-state index in [-0.39, 0.29) is 0 Å². The van der Waals surface area contributed by atoms with Gasteiger partial charge in [-0.15, -0.1) is 0 Å². The molecule has 1 aromatic heterocycles. The Morgan fingerprint density at radius 1 is 1.45 bits per heavy atom. The van der Waals surface area contributed by atoms with Crippen LogP contribution < -0.4 is 0 Å². The molecule has 2 unspecified atom stereocenters. The predicted octanol–water partition coefficient (Wildman–Crippen LogP) is 2.17. The third-order valence-electron chi connectivity index (χ3n) is 4.30. The lowest BCUT2D eigenvalue weighted by Crippen LogP contribution is -2.30. The molecule has 2 aromatic rings. The summed E-state index contributed by atoms with van der Waals surface area (Å²) in [5.74, 6) is 0. The van der Waals surface area contributed by atoms with E-state index < -0.39 is 11.5 Å². The summed E-state index contributed by atoms with van der Waals surface area (Å²) in [5, 5.41) is 24.9. The molecule has 1 heterocycles.